The molecule has 82 valence electrons. The van der Waals surface area contributed by atoms with Gasteiger partial charge in [0, 0.05) is 6.54 Å². The van der Waals surface area contributed by atoms with E-state index in [0.29, 0.717) is 19.8 Å². The van der Waals surface area contributed by atoms with Gasteiger partial charge in [0.2, 0.25) is 0 Å². The van der Waals surface area contributed by atoms with Gasteiger partial charge in [-0.25, -0.2) is 0 Å². The van der Waals surface area contributed by atoms with Gasteiger partial charge < -0.3 is 19.9 Å². The van der Waals surface area contributed by atoms with Crippen LogP contribution in [0.3, 0.4) is 0 Å². The van der Waals surface area contributed by atoms with Gasteiger partial charge >= 0.3 is 5.97 Å². The fraction of sp³-hybridized carbons (Fsp3) is 0.889. The molecular weight excluding hydrogens is 186 g/mol. The predicted molar refractivity (Wildman–Crippen MR) is 50.0 cm³/mol. The molecule has 0 aromatic rings. The van der Waals surface area contributed by atoms with E-state index in [9.17, 15) is 4.79 Å². The van der Waals surface area contributed by atoms with Crippen LogP contribution in [0.5, 0.6) is 0 Å². The van der Waals surface area contributed by atoms with Crippen molar-refractivity contribution in [3.63, 3.8) is 0 Å². The summed E-state index contributed by atoms with van der Waals surface area (Å²) in [5.41, 5.74) is 0. The Bertz CT molecular complexity index is 195. The Morgan fingerprint density at radius 1 is 1.50 bits per heavy atom. The van der Waals surface area contributed by atoms with Gasteiger partial charge in [-0.1, -0.05) is 0 Å². The Balaban J connectivity index is 2.13. The summed E-state index contributed by atoms with van der Waals surface area (Å²) in [6.45, 7) is 5.30. The van der Waals surface area contributed by atoms with Crippen LogP contribution in [0, 0.1) is 0 Å². The zero-order valence-electron chi connectivity index (χ0n) is 8.58. The average molecular weight is 203 g/mol. The summed E-state index contributed by atoms with van der Waals surface area (Å²) in [5.74, 6) is -1.30. The van der Waals surface area contributed by atoms with Gasteiger partial charge in [0.05, 0.1) is 25.7 Å². The zero-order valence-corrected chi connectivity index (χ0v) is 8.58. The quantitative estimate of drug-likeness (QED) is 0.683. The second kappa shape index (κ2) is 4.72. The molecular formula is C9H17NO4. The molecule has 0 bridgehead atoms. The van der Waals surface area contributed by atoms with Crippen LogP contribution in [-0.2, 0) is 14.3 Å². The van der Waals surface area contributed by atoms with Gasteiger partial charge in [-0.3, -0.25) is 4.79 Å². The summed E-state index contributed by atoms with van der Waals surface area (Å²) in [5, 5.41) is 11.5. The van der Waals surface area contributed by atoms with E-state index < -0.39 is 11.8 Å². The summed E-state index contributed by atoms with van der Waals surface area (Å²) < 4.78 is 10.8. The second-order valence-electron chi connectivity index (χ2n) is 3.82. The van der Waals surface area contributed by atoms with Gasteiger partial charge in [0.25, 0.3) is 0 Å². The minimum absolute atomic E-state index is 0.0994. The summed E-state index contributed by atoms with van der Waals surface area (Å²) in [7, 11) is 0. The first kappa shape index (κ1) is 11.4. The number of rotatable bonds is 4. The largest absolute Gasteiger partial charge is 0.481 e. The summed E-state index contributed by atoms with van der Waals surface area (Å²) in [6.07, 6.45) is 0.125. The van der Waals surface area contributed by atoms with E-state index in [1.165, 1.54) is 0 Å². The molecule has 5 heteroatoms. The molecule has 0 radical (unpaired) electrons. The van der Waals surface area contributed by atoms with Gasteiger partial charge in [0.15, 0.2) is 5.79 Å². The molecule has 0 atom stereocenters. The van der Waals surface area contributed by atoms with E-state index >= 15 is 0 Å². The number of carboxylic acids is 1. The summed E-state index contributed by atoms with van der Waals surface area (Å²) in [4.78, 5) is 10.2. The standard InChI is InChI=1S/C9H17NO4/c1-9(2)13-5-7(6-14-9)10-4-3-8(11)12/h7,10H,3-6H2,1-2H3,(H,11,12). The van der Waals surface area contributed by atoms with E-state index in [2.05, 4.69) is 5.32 Å². The van der Waals surface area contributed by atoms with E-state index in [1.54, 1.807) is 0 Å². The molecule has 0 saturated carbocycles. The van der Waals surface area contributed by atoms with Crippen molar-refractivity contribution < 1.29 is 19.4 Å². The minimum Gasteiger partial charge on any atom is -0.481 e. The van der Waals surface area contributed by atoms with Crippen molar-refractivity contribution in [3.05, 3.63) is 0 Å². The lowest BCUT2D eigenvalue weighted by Crippen LogP contribution is -2.48. The third kappa shape index (κ3) is 4.04. The van der Waals surface area contributed by atoms with Crippen molar-refractivity contribution in [2.75, 3.05) is 19.8 Å². The topological polar surface area (TPSA) is 67.8 Å². The SMILES string of the molecule is CC1(C)OCC(NCCC(=O)O)CO1. The van der Waals surface area contributed by atoms with Crippen LogP contribution in [0.1, 0.15) is 20.3 Å². The van der Waals surface area contributed by atoms with Crippen LogP contribution in [0.4, 0.5) is 0 Å². The van der Waals surface area contributed by atoms with Gasteiger partial charge in [-0.05, 0) is 13.8 Å². The summed E-state index contributed by atoms with van der Waals surface area (Å²) >= 11 is 0. The first-order valence-electron chi connectivity index (χ1n) is 4.73. The Morgan fingerprint density at radius 3 is 2.57 bits per heavy atom. The Morgan fingerprint density at radius 2 is 2.07 bits per heavy atom. The number of hydrogen-bond acceptors (Lipinski definition) is 4. The first-order chi connectivity index (χ1) is 6.49. The highest BCUT2D eigenvalue weighted by Crippen LogP contribution is 2.16. The first-order valence-corrected chi connectivity index (χ1v) is 4.73. The van der Waals surface area contributed by atoms with E-state index in [4.69, 9.17) is 14.6 Å². The average Bonchev–Trinajstić information content (AvgIpc) is 2.07. The fourth-order valence-corrected chi connectivity index (χ4v) is 1.19. The van der Waals surface area contributed by atoms with Crippen LogP contribution in [0.2, 0.25) is 0 Å². The van der Waals surface area contributed by atoms with Gasteiger partial charge in [0.1, 0.15) is 0 Å². The lowest BCUT2D eigenvalue weighted by molar-refractivity contribution is -0.252. The molecule has 1 rings (SSSR count). The maximum Gasteiger partial charge on any atom is 0.304 e. The van der Waals surface area contributed by atoms with Crippen molar-refractivity contribution in [1.29, 1.82) is 0 Å². The van der Waals surface area contributed by atoms with E-state index in [-0.39, 0.29) is 12.5 Å². The van der Waals surface area contributed by atoms with Crippen molar-refractivity contribution in [2.24, 2.45) is 0 Å². The van der Waals surface area contributed by atoms with E-state index in [1.807, 2.05) is 13.8 Å². The van der Waals surface area contributed by atoms with Crippen LogP contribution < -0.4 is 5.32 Å². The molecule has 1 saturated heterocycles. The number of aliphatic carboxylic acids is 1. The van der Waals surface area contributed by atoms with Crippen LogP contribution in [-0.4, -0.2) is 42.7 Å². The van der Waals surface area contributed by atoms with Crippen molar-refractivity contribution >= 4 is 5.97 Å². The molecule has 1 heterocycles. The predicted octanol–water partition coefficient (Wildman–Crippen LogP) is 0.202. The maximum atomic E-state index is 10.2. The fourth-order valence-electron chi connectivity index (χ4n) is 1.19. The lowest BCUT2D eigenvalue weighted by atomic mass is 10.2. The zero-order chi connectivity index (χ0) is 10.6. The molecule has 0 aromatic carbocycles. The molecule has 0 aromatic heterocycles. The lowest BCUT2D eigenvalue weighted by Gasteiger charge is -2.35. The molecule has 0 amide bonds. The van der Waals surface area contributed by atoms with Gasteiger partial charge in [-0.2, -0.15) is 0 Å². The molecule has 0 spiro atoms. The van der Waals surface area contributed by atoms with Crippen molar-refractivity contribution in [1.82, 2.24) is 5.32 Å². The van der Waals surface area contributed by atoms with Gasteiger partial charge in [-0.15, -0.1) is 0 Å². The van der Waals surface area contributed by atoms with Crippen LogP contribution in [0.25, 0.3) is 0 Å². The van der Waals surface area contributed by atoms with E-state index in [0.717, 1.165) is 0 Å². The monoisotopic (exact) mass is 203 g/mol. The molecule has 0 unspecified atom stereocenters. The second-order valence-corrected chi connectivity index (χ2v) is 3.82. The third-order valence-corrected chi connectivity index (χ3v) is 2.04. The molecule has 14 heavy (non-hydrogen) atoms. The Hall–Kier alpha value is -0.650. The third-order valence-electron chi connectivity index (χ3n) is 2.04. The minimum atomic E-state index is -0.796. The Labute approximate surface area is 83.4 Å². The number of hydrogen-bond donors (Lipinski definition) is 2. The molecule has 1 aliphatic rings. The van der Waals surface area contributed by atoms with Crippen molar-refractivity contribution in [2.45, 2.75) is 32.1 Å². The molecule has 2 N–H and O–H groups in total. The van der Waals surface area contributed by atoms with Crippen LogP contribution in [0.15, 0.2) is 0 Å². The highest BCUT2D eigenvalue weighted by atomic mass is 16.7. The number of nitrogens with one attached hydrogen (secondary N) is 1. The highest BCUT2D eigenvalue weighted by molar-refractivity contribution is 5.66. The normalized spacial score (nSPS) is 22.1. The number of ether oxygens (including phenoxy) is 2. The van der Waals surface area contributed by atoms with Crippen LogP contribution >= 0.6 is 0 Å². The number of carbonyl (C=O) groups is 1. The highest BCUT2D eigenvalue weighted by Gasteiger charge is 2.27. The number of carboxylic acid groups (broad SMARTS) is 1. The summed E-state index contributed by atoms with van der Waals surface area (Å²) in [6, 6.07) is 0.0994. The molecule has 1 aliphatic heterocycles. The Kier molecular flexibility index (Phi) is 3.86. The van der Waals surface area contributed by atoms with Crippen molar-refractivity contribution in [3.8, 4) is 0 Å². The molecule has 0 aliphatic carbocycles. The maximum absolute atomic E-state index is 10.2. The smallest absolute Gasteiger partial charge is 0.304 e. The molecule has 1 fully saturated rings. The molecule has 5 nitrogen and oxygen atoms in total.